The number of nitrogens with one attached hydrogen (secondary N) is 1. The van der Waals surface area contributed by atoms with Gasteiger partial charge in [-0.3, -0.25) is 4.98 Å². The molecule has 82 valence electrons. The third kappa shape index (κ3) is 2.33. The predicted molar refractivity (Wildman–Crippen MR) is 65.9 cm³/mol. The fourth-order valence-electron chi connectivity index (χ4n) is 1.59. The highest BCUT2D eigenvalue weighted by atomic mass is 32.1. The van der Waals surface area contributed by atoms with Gasteiger partial charge in [0.15, 0.2) is 0 Å². The normalized spacial score (nSPS) is 10.4. The van der Waals surface area contributed by atoms with Gasteiger partial charge in [0, 0.05) is 30.1 Å². The van der Waals surface area contributed by atoms with Crippen LogP contribution >= 0.6 is 12.2 Å². The first kappa shape index (κ1) is 11.0. The average Bonchev–Trinajstić information content (AvgIpc) is 2.27. The molecular formula is C12H13N3S. The lowest BCUT2D eigenvalue weighted by atomic mass is 10.1. The Balaban J connectivity index is 2.39. The first-order chi connectivity index (χ1) is 7.66. The fraction of sp³-hybridized carbons (Fsp3) is 0.250. The van der Waals surface area contributed by atoms with Crippen LogP contribution in [0.1, 0.15) is 22.6 Å². The van der Waals surface area contributed by atoms with Gasteiger partial charge in [-0.15, -0.1) is 0 Å². The Morgan fingerprint density at radius 2 is 2.19 bits per heavy atom. The van der Waals surface area contributed by atoms with Crippen molar-refractivity contribution in [3.63, 3.8) is 0 Å². The van der Waals surface area contributed by atoms with Crippen LogP contribution in [-0.2, 0) is 6.42 Å². The highest BCUT2D eigenvalue weighted by molar-refractivity contribution is 7.71. The maximum atomic E-state index is 5.20. The van der Waals surface area contributed by atoms with Crippen molar-refractivity contribution in [2.24, 2.45) is 0 Å². The molecule has 0 aliphatic carbocycles. The summed E-state index contributed by atoms with van der Waals surface area (Å²) in [6.07, 6.45) is 4.45. The summed E-state index contributed by atoms with van der Waals surface area (Å²) in [6, 6.07) is 3.99. The van der Waals surface area contributed by atoms with Gasteiger partial charge in [-0.2, -0.15) is 0 Å². The van der Waals surface area contributed by atoms with Gasteiger partial charge < -0.3 is 4.98 Å². The van der Waals surface area contributed by atoms with Crippen molar-refractivity contribution in [2.75, 3.05) is 0 Å². The van der Waals surface area contributed by atoms with E-state index in [2.05, 4.69) is 21.0 Å². The van der Waals surface area contributed by atoms with E-state index in [1.807, 2.05) is 26.1 Å². The molecule has 0 saturated carbocycles. The monoisotopic (exact) mass is 231 g/mol. The van der Waals surface area contributed by atoms with Crippen LogP contribution in [0, 0.1) is 18.5 Å². The van der Waals surface area contributed by atoms with Gasteiger partial charge in [-0.05, 0) is 25.5 Å². The van der Waals surface area contributed by atoms with E-state index in [0.29, 0.717) is 4.64 Å². The van der Waals surface area contributed by atoms with Crippen molar-refractivity contribution >= 4 is 12.2 Å². The fourth-order valence-corrected chi connectivity index (χ4v) is 1.85. The molecule has 0 aliphatic rings. The zero-order valence-electron chi connectivity index (χ0n) is 9.32. The summed E-state index contributed by atoms with van der Waals surface area (Å²) in [5.74, 6) is 0.856. The molecule has 0 radical (unpaired) electrons. The summed E-state index contributed by atoms with van der Waals surface area (Å²) < 4.78 is 0.676. The molecule has 0 amide bonds. The molecular weight excluding hydrogens is 218 g/mol. The molecule has 16 heavy (non-hydrogen) atoms. The standard InChI is InChI=1S/C12H13N3S/c1-8-11(14-9(2)15-12(8)16)6-10-4-3-5-13-7-10/h3-5,7H,6H2,1-2H3,(H,14,15,16). The van der Waals surface area contributed by atoms with Crippen molar-refractivity contribution in [1.82, 2.24) is 15.0 Å². The Morgan fingerprint density at radius 1 is 1.38 bits per heavy atom. The van der Waals surface area contributed by atoms with Crippen molar-refractivity contribution in [3.05, 3.63) is 51.8 Å². The molecule has 3 nitrogen and oxygen atoms in total. The van der Waals surface area contributed by atoms with Crippen molar-refractivity contribution in [2.45, 2.75) is 20.3 Å². The van der Waals surface area contributed by atoms with Crippen LogP contribution in [0.25, 0.3) is 0 Å². The van der Waals surface area contributed by atoms with Crippen LogP contribution in [0.3, 0.4) is 0 Å². The van der Waals surface area contributed by atoms with Crippen molar-refractivity contribution < 1.29 is 0 Å². The molecule has 0 bridgehead atoms. The van der Waals surface area contributed by atoms with Gasteiger partial charge >= 0.3 is 0 Å². The lowest BCUT2D eigenvalue weighted by Gasteiger charge is -2.07. The molecule has 2 rings (SSSR count). The molecule has 0 saturated heterocycles. The number of rotatable bonds is 2. The summed E-state index contributed by atoms with van der Waals surface area (Å²) in [5, 5.41) is 0. The number of H-pyrrole nitrogens is 1. The number of nitrogens with zero attached hydrogens (tertiary/aromatic N) is 2. The topological polar surface area (TPSA) is 41.6 Å². The van der Waals surface area contributed by atoms with E-state index < -0.39 is 0 Å². The summed E-state index contributed by atoms with van der Waals surface area (Å²) in [7, 11) is 0. The lowest BCUT2D eigenvalue weighted by molar-refractivity contribution is 0.931. The van der Waals surface area contributed by atoms with Gasteiger partial charge in [0.05, 0.1) is 0 Å². The minimum absolute atomic E-state index is 0.676. The van der Waals surface area contributed by atoms with Crippen LogP contribution < -0.4 is 0 Å². The Kier molecular flexibility index (Phi) is 3.10. The van der Waals surface area contributed by atoms with E-state index in [-0.39, 0.29) is 0 Å². The van der Waals surface area contributed by atoms with Crippen LogP contribution in [0.5, 0.6) is 0 Å². The number of pyridine rings is 1. The molecule has 4 heteroatoms. The average molecular weight is 231 g/mol. The molecule has 1 N–H and O–H groups in total. The van der Waals surface area contributed by atoms with Gasteiger partial charge in [-0.25, -0.2) is 4.98 Å². The van der Waals surface area contributed by atoms with Crippen LogP contribution in [0.2, 0.25) is 0 Å². The van der Waals surface area contributed by atoms with E-state index in [4.69, 9.17) is 12.2 Å². The quantitative estimate of drug-likeness (QED) is 0.808. The van der Waals surface area contributed by atoms with Gasteiger partial charge in [0.25, 0.3) is 0 Å². The van der Waals surface area contributed by atoms with Gasteiger partial charge in [-0.1, -0.05) is 18.3 Å². The summed E-state index contributed by atoms with van der Waals surface area (Å²) in [5.41, 5.74) is 3.33. The maximum absolute atomic E-state index is 5.20. The highest BCUT2D eigenvalue weighted by Gasteiger charge is 2.03. The van der Waals surface area contributed by atoms with E-state index in [1.165, 1.54) is 5.56 Å². The van der Waals surface area contributed by atoms with Crippen molar-refractivity contribution in [1.29, 1.82) is 0 Å². The van der Waals surface area contributed by atoms with Gasteiger partial charge in [0.2, 0.25) is 0 Å². The second-order valence-corrected chi connectivity index (χ2v) is 4.16. The Morgan fingerprint density at radius 3 is 2.88 bits per heavy atom. The first-order valence-electron chi connectivity index (χ1n) is 5.12. The molecule has 0 unspecified atom stereocenters. The summed E-state index contributed by atoms with van der Waals surface area (Å²) in [6.45, 7) is 3.92. The molecule has 0 atom stereocenters. The van der Waals surface area contributed by atoms with E-state index >= 15 is 0 Å². The minimum Gasteiger partial charge on any atom is -0.347 e. The SMILES string of the molecule is Cc1nc(=S)c(C)c(Cc2cccnc2)[nH]1. The Bertz CT molecular complexity index is 546. The second kappa shape index (κ2) is 4.53. The minimum atomic E-state index is 0.676. The van der Waals surface area contributed by atoms with Crippen LogP contribution in [0.15, 0.2) is 24.5 Å². The molecule has 0 aromatic carbocycles. The zero-order chi connectivity index (χ0) is 11.5. The van der Waals surface area contributed by atoms with E-state index in [9.17, 15) is 0 Å². The first-order valence-corrected chi connectivity index (χ1v) is 5.53. The molecule has 0 fully saturated rings. The largest absolute Gasteiger partial charge is 0.347 e. The summed E-state index contributed by atoms with van der Waals surface area (Å²) in [4.78, 5) is 11.6. The van der Waals surface area contributed by atoms with Crippen LogP contribution in [0.4, 0.5) is 0 Å². The number of hydrogen-bond acceptors (Lipinski definition) is 3. The summed E-state index contributed by atoms with van der Waals surface area (Å²) >= 11 is 5.20. The number of aryl methyl sites for hydroxylation is 1. The number of aromatic nitrogens is 3. The Hall–Kier alpha value is -1.55. The zero-order valence-corrected chi connectivity index (χ0v) is 10.1. The predicted octanol–water partition coefficient (Wildman–Crippen LogP) is 2.74. The van der Waals surface area contributed by atoms with E-state index in [1.54, 1.807) is 6.20 Å². The smallest absolute Gasteiger partial charge is 0.132 e. The lowest BCUT2D eigenvalue weighted by Crippen LogP contribution is -2.01. The number of hydrogen-bond donors (Lipinski definition) is 1. The molecule has 2 heterocycles. The van der Waals surface area contributed by atoms with Crippen molar-refractivity contribution in [3.8, 4) is 0 Å². The molecule has 0 spiro atoms. The molecule has 2 aromatic rings. The third-order valence-corrected chi connectivity index (χ3v) is 2.88. The molecule has 0 aliphatic heterocycles. The van der Waals surface area contributed by atoms with Gasteiger partial charge in [0.1, 0.15) is 10.5 Å². The highest BCUT2D eigenvalue weighted by Crippen LogP contribution is 2.11. The maximum Gasteiger partial charge on any atom is 0.132 e. The second-order valence-electron chi connectivity index (χ2n) is 3.77. The molecule has 2 aromatic heterocycles. The van der Waals surface area contributed by atoms with E-state index in [0.717, 1.165) is 23.5 Å². The van der Waals surface area contributed by atoms with Crippen LogP contribution in [-0.4, -0.2) is 15.0 Å². The Labute approximate surface area is 99.6 Å². The third-order valence-electron chi connectivity index (χ3n) is 2.48. The number of aromatic amines is 1.